The number of hydrogen-bond donors (Lipinski definition) is 1. The highest BCUT2D eigenvalue weighted by Crippen LogP contribution is 2.33. The number of nitro groups is 1. The van der Waals surface area contributed by atoms with Crippen LogP contribution in [0, 0.1) is 10.1 Å². The third-order valence-corrected chi connectivity index (χ3v) is 5.16. The number of benzene rings is 2. The van der Waals surface area contributed by atoms with Gasteiger partial charge in [0.15, 0.2) is 0 Å². The Balaban J connectivity index is 1.58. The number of imide groups is 1. The third-order valence-electron chi connectivity index (χ3n) is 5.16. The number of ether oxygens (including phenoxy) is 1. The molecule has 0 bridgehead atoms. The summed E-state index contributed by atoms with van der Waals surface area (Å²) >= 11 is 0. The minimum atomic E-state index is -1.13. The zero-order valence-electron chi connectivity index (χ0n) is 15.5. The van der Waals surface area contributed by atoms with Gasteiger partial charge >= 0.3 is 0 Å². The molecule has 0 fully saturated rings. The van der Waals surface area contributed by atoms with Crippen LogP contribution in [0.15, 0.2) is 42.5 Å². The fraction of sp³-hybridized carbons (Fsp3) is 0.250. The van der Waals surface area contributed by atoms with Gasteiger partial charge in [-0.05, 0) is 19.1 Å². The lowest BCUT2D eigenvalue weighted by atomic mass is 10.00. The zero-order chi connectivity index (χ0) is 20.7. The largest absolute Gasteiger partial charge is 0.493 e. The Kier molecular flexibility index (Phi) is 4.50. The van der Waals surface area contributed by atoms with Crippen LogP contribution in [0.1, 0.15) is 45.7 Å². The summed E-state index contributed by atoms with van der Waals surface area (Å²) < 4.78 is 5.57. The summed E-state index contributed by atoms with van der Waals surface area (Å²) in [5.74, 6) is -1.41. The van der Waals surface area contributed by atoms with Gasteiger partial charge in [-0.15, -0.1) is 0 Å². The second-order valence-electron chi connectivity index (χ2n) is 6.85. The average molecular weight is 395 g/mol. The number of fused-ring (bicyclic) bond motifs is 2. The predicted molar refractivity (Wildman–Crippen MR) is 100 cm³/mol. The molecule has 2 aromatic carbocycles. The number of carbonyl (C=O) groups excluding carboxylic acids is 3. The van der Waals surface area contributed by atoms with Gasteiger partial charge in [0.05, 0.1) is 23.1 Å². The van der Waals surface area contributed by atoms with E-state index in [4.69, 9.17) is 4.74 Å². The van der Waals surface area contributed by atoms with Gasteiger partial charge in [-0.3, -0.25) is 29.4 Å². The van der Waals surface area contributed by atoms with E-state index in [1.54, 1.807) is 6.07 Å². The number of amides is 3. The smallest absolute Gasteiger partial charge is 0.282 e. The number of nitrogens with one attached hydrogen (secondary N) is 1. The maximum absolute atomic E-state index is 12.8. The van der Waals surface area contributed by atoms with Crippen LogP contribution in [0.5, 0.6) is 5.75 Å². The summed E-state index contributed by atoms with van der Waals surface area (Å²) in [4.78, 5) is 49.6. The maximum atomic E-state index is 12.8. The molecule has 2 atom stereocenters. The van der Waals surface area contributed by atoms with E-state index in [1.807, 2.05) is 18.2 Å². The van der Waals surface area contributed by atoms with Crippen molar-refractivity contribution in [3.8, 4) is 5.75 Å². The number of nitro benzene ring substituents is 1. The zero-order valence-corrected chi connectivity index (χ0v) is 15.5. The molecule has 0 radical (unpaired) electrons. The quantitative estimate of drug-likeness (QED) is 0.482. The van der Waals surface area contributed by atoms with Crippen molar-refractivity contribution < 1.29 is 24.0 Å². The van der Waals surface area contributed by atoms with Crippen LogP contribution < -0.4 is 10.1 Å². The van der Waals surface area contributed by atoms with Gasteiger partial charge in [-0.2, -0.15) is 0 Å². The summed E-state index contributed by atoms with van der Waals surface area (Å²) in [7, 11) is 0. The van der Waals surface area contributed by atoms with Crippen LogP contribution in [0.25, 0.3) is 0 Å². The highest BCUT2D eigenvalue weighted by atomic mass is 16.6. The lowest BCUT2D eigenvalue weighted by Gasteiger charge is -2.29. The van der Waals surface area contributed by atoms with Crippen molar-refractivity contribution in [2.45, 2.75) is 25.4 Å². The average Bonchev–Trinajstić information content (AvgIpc) is 2.98. The Labute approximate surface area is 165 Å². The summed E-state index contributed by atoms with van der Waals surface area (Å²) in [6.07, 6.45) is 0.545. The van der Waals surface area contributed by atoms with Gasteiger partial charge in [-0.25, -0.2) is 0 Å². The van der Waals surface area contributed by atoms with E-state index in [2.05, 4.69) is 5.32 Å². The number of carbonyl (C=O) groups is 3. The van der Waals surface area contributed by atoms with E-state index in [-0.39, 0.29) is 17.2 Å². The lowest BCUT2D eigenvalue weighted by Crippen LogP contribution is -2.49. The molecule has 9 nitrogen and oxygen atoms in total. The Hall–Kier alpha value is -3.75. The van der Waals surface area contributed by atoms with E-state index < -0.39 is 34.4 Å². The number of rotatable bonds is 4. The fourth-order valence-electron chi connectivity index (χ4n) is 3.69. The first-order chi connectivity index (χ1) is 13.9. The molecule has 0 saturated heterocycles. The third kappa shape index (κ3) is 3.00. The van der Waals surface area contributed by atoms with Crippen molar-refractivity contribution >= 4 is 23.4 Å². The second kappa shape index (κ2) is 7.01. The molecule has 29 heavy (non-hydrogen) atoms. The first kappa shape index (κ1) is 18.6. The van der Waals surface area contributed by atoms with Crippen LogP contribution in [-0.2, 0) is 4.79 Å². The normalized spacial score (nSPS) is 18.5. The summed E-state index contributed by atoms with van der Waals surface area (Å²) in [5, 5.41) is 14.1. The number of para-hydroxylation sites is 1. The van der Waals surface area contributed by atoms with Crippen LogP contribution in [0.2, 0.25) is 0 Å². The molecule has 0 aliphatic carbocycles. The highest BCUT2D eigenvalue weighted by Gasteiger charge is 2.45. The molecule has 2 heterocycles. The van der Waals surface area contributed by atoms with Gasteiger partial charge in [0, 0.05) is 18.1 Å². The Morgan fingerprint density at radius 3 is 2.72 bits per heavy atom. The molecule has 2 aliphatic heterocycles. The highest BCUT2D eigenvalue weighted by molar-refractivity contribution is 6.24. The molecule has 2 aliphatic rings. The molecule has 2 aromatic rings. The SMILES string of the molecule is C[C@@H](C(=O)N[C@H]1CCOc2ccccc21)N1C(=O)c2cccc([N+](=O)[O-])c2C1=O. The summed E-state index contributed by atoms with van der Waals surface area (Å²) in [6, 6.07) is 9.72. The second-order valence-corrected chi connectivity index (χ2v) is 6.85. The van der Waals surface area contributed by atoms with E-state index in [1.165, 1.54) is 19.1 Å². The first-order valence-electron chi connectivity index (χ1n) is 9.07. The molecular formula is C20H17N3O6. The Morgan fingerprint density at radius 1 is 1.21 bits per heavy atom. The lowest BCUT2D eigenvalue weighted by molar-refractivity contribution is -0.385. The van der Waals surface area contributed by atoms with Crippen LogP contribution >= 0.6 is 0 Å². The van der Waals surface area contributed by atoms with Gasteiger partial charge in [0.1, 0.15) is 17.4 Å². The maximum Gasteiger partial charge on any atom is 0.282 e. The molecule has 0 spiro atoms. The molecule has 0 saturated carbocycles. The van der Waals surface area contributed by atoms with Crippen molar-refractivity contribution in [2.24, 2.45) is 0 Å². The topological polar surface area (TPSA) is 119 Å². The summed E-state index contributed by atoms with van der Waals surface area (Å²) in [5.41, 5.74) is 0.0189. The van der Waals surface area contributed by atoms with Crippen molar-refractivity contribution in [3.05, 3.63) is 69.3 Å². The fourth-order valence-corrected chi connectivity index (χ4v) is 3.69. The molecular weight excluding hydrogens is 378 g/mol. The van der Waals surface area contributed by atoms with E-state index in [0.717, 1.165) is 16.5 Å². The first-order valence-corrected chi connectivity index (χ1v) is 9.07. The van der Waals surface area contributed by atoms with E-state index in [0.29, 0.717) is 18.8 Å². The van der Waals surface area contributed by atoms with Gasteiger partial charge in [0.25, 0.3) is 17.5 Å². The molecule has 1 N–H and O–H groups in total. The molecule has 0 unspecified atom stereocenters. The van der Waals surface area contributed by atoms with E-state index >= 15 is 0 Å². The summed E-state index contributed by atoms with van der Waals surface area (Å²) in [6.45, 7) is 1.85. The molecule has 3 amide bonds. The number of nitrogens with zero attached hydrogens (tertiary/aromatic N) is 2. The van der Waals surface area contributed by atoms with Gasteiger partial charge in [0.2, 0.25) is 5.91 Å². The predicted octanol–water partition coefficient (Wildman–Crippen LogP) is 2.22. The minimum Gasteiger partial charge on any atom is -0.493 e. The Morgan fingerprint density at radius 2 is 1.97 bits per heavy atom. The van der Waals surface area contributed by atoms with Crippen LogP contribution in [0.3, 0.4) is 0 Å². The molecule has 0 aromatic heterocycles. The number of hydrogen-bond acceptors (Lipinski definition) is 6. The van der Waals surface area contributed by atoms with Crippen LogP contribution in [0.4, 0.5) is 5.69 Å². The van der Waals surface area contributed by atoms with Gasteiger partial charge in [-0.1, -0.05) is 24.3 Å². The van der Waals surface area contributed by atoms with Crippen molar-refractivity contribution in [1.82, 2.24) is 10.2 Å². The van der Waals surface area contributed by atoms with Crippen LogP contribution in [-0.4, -0.2) is 40.2 Å². The molecule has 148 valence electrons. The van der Waals surface area contributed by atoms with Crippen molar-refractivity contribution in [3.63, 3.8) is 0 Å². The van der Waals surface area contributed by atoms with E-state index in [9.17, 15) is 24.5 Å². The van der Waals surface area contributed by atoms with Crippen molar-refractivity contribution in [2.75, 3.05) is 6.61 Å². The monoisotopic (exact) mass is 395 g/mol. The molecule has 9 heteroatoms. The van der Waals surface area contributed by atoms with Crippen molar-refractivity contribution in [1.29, 1.82) is 0 Å². The van der Waals surface area contributed by atoms with Gasteiger partial charge < -0.3 is 10.1 Å². The Bertz CT molecular complexity index is 1050. The molecule has 4 rings (SSSR count). The standard InChI is InChI=1S/C20H17N3O6/c1-11(18(24)21-14-9-10-29-16-8-3-2-5-12(14)16)22-19(25)13-6-4-7-15(23(27)28)17(13)20(22)26/h2-8,11,14H,9-10H2,1H3,(H,21,24)/t11-,14-/m0/s1. The minimum absolute atomic E-state index is 0.0692.